The van der Waals surface area contributed by atoms with Gasteiger partial charge in [-0.2, -0.15) is 9.97 Å². The van der Waals surface area contributed by atoms with Gasteiger partial charge in [0.1, 0.15) is 0 Å². The zero-order valence-corrected chi connectivity index (χ0v) is 9.42. The van der Waals surface area contributed by atoms with Gasteiger partial charge in [-0.05, 0) is 13.8 Å². The molecule has 1 aliphatic rings. The van der Waals surface area contributed by atoms with Crippen LogP contribution in [0.15, 0.2) is 0 Å². The Kier molecular flexibility index (Phi) is 2.26. The van der Waals surface area contributed by atoms with Crippen LogP contribution in [0.4, 0.5) is 0 Å². The third kappa shape index (κ3) is 1.52. The van der Waals surface area contributed by atoms with Gasteiger partial charge in [0.05, 0.1) is 31.0 Å². The molecule has 0 saturated carbocycles. The minimum absolute atomic E-state index is 0.154. The molecule has 0 unspecified atom stereocenters. The van der Waals surface area contributed by atoms with Crippen molar-refractivity contribution in [3.8, 4) is 11.9 Å². The summed E-state index contributed by atoms with van der Waals surface area (Å²) in [5.41, 5.74) is 1.81. The summed E-state index contributed by atoms with van der Waals surface area (Å²) in [4.78, 5) is 8.51. The maximum absolute atomic E-state index is 5.22. The number of rotatable bonds is 2. The lowest BCUT2D eigenvalue weighted by Crippen LogP contribution is -2.29. The highest BCUT2D eigenvalue weighted by atomic mass is 16.5. The van der Waals surface area contributed by atoms with Crippen LogP contribution >= 0.6 is 0 Å². The van der Waals surface area contributed by atoms with Gasteiger partial charge in [-0.25, -0.2) is 0 Å². The Bertz CT molecular complexity index is 390. The topological polar surface area (TPSA) is 56.3 Å². The number of aromatic nitrogens is 2. The first-order valence-electron chi connectivity index (χ1n) is 4.83. The summed E-state index contributed by atoms with van der Waals surface area (Å²) in [6, 6.07) is 0.349. The normalized spacial score (nSPS) is 17.3. The van der Waals surface area contributed by atoms with Gasteiger partial charge >= 0.3 is 6.01 Å². The first kappa shape index (κ1) is 10.2. The van der Waals surface area contributed by atoms with E-state index in [0.717, 1.165) is 17.8 Å². The molecule has 0 bridgehead atoms. The lowest BCUT2D eigenvalue weighted by Gasteiger charge is -2.18. The average molecular weight is 209 g/mol. The molecular weight excluding hydrogens is 194 g/mol. The smallest absolute Gasteiger partial charge is 0.319 e. The number of ether oxygens (including phenoxy) is 2. The second-order valence-electron chi connectivity index (χ2n) is 4.03. The zero-order valence-electron chi connectivity index (χ0n) is 9.42. The van der Waals surface area contributed by atoms with Gasteiger partial charge in [0.15, 0.2) is 0 Å². The van der Waals surface area contributed by atoms with Crippen molar-refractivity contribution in [1.82, 2.24) is 15.3 Å². The van der Waals surface area contributed by atoms with Crippen LogP contribution in [0.25, 0.3) is 0 Å². The molecule has 5 nitrogen and oxygen atoms in total. The first-order chi connectivity index (χ1) is 7.08. The van der Waals surface area contributed by atoms with Crippen molar-refractivity contribution in [3.05, 3.63) is 11.3 Å². The van der Waals surface area contributed by atoms with Crippen LogP contribution in [0.2, 0.25) is 0 Å². The fourth-order valence-corrected chi connectivity index (χ4v) is 1.77. The van der Waals surface area contributed by atoms with Gasteiger partial charge in [-0.1, -0.05) is 0 Å². The van der Waals surface area contributed by atoms with Crippen LogP contribution in [0.3, 0.4) is 0 Å². The molecule has 1 aliphatic heterocycles. The van der Waals surface area contributed by atoms with Gasteiger partial charge in [-0.3, -0.25) is 0 Å². The third-order valence-electron chi connectivity index (χ3n) is 2.62. The summed E-state index contributed by atoms with van der Waals surface area (Å²) in [7, 11) is 3.16. The summed E-state index contributed by atoms with van der Waals surface area (Å²) in [6.45, 7) is 4.88. The molecule has 0 atom stereocenters. The molecule has 1 N–H and O–H groups in total. The average Bonchev–Trinajstić information content (AvgIpc) is 2.54. The number of methoxy groups -OCH3 is 2. The Morgan fingerprint density at radius 3 is 2.53 bits per heavy atom. The van der Waals surface area contributed by atoms with Crippen molar-refractivity contribution in [2.45, 2.75) is 25.9 Å². The van der Waals surface area contributed by atoms with Gasteiger partial charge in [0.2, 0.25) is 5.88 Å². The summed E-state index contributed by atoms with van der Waals surface area (Å²) < 4.78 is 10.3. The molecule has 82 valence electrons. The van der Waals surface area contributed by atoms with E-state index >= 15 is 0 Å². The van der Waals surface area contributed by atoms with Gasteiger partial charge < -0.3 is 14.8 Å². The van der Waals surface area contributed by atoms with E-state index in [4.69, 9.17) is 9.47 Å². The fraction of sp³-hybridized carbons (Fsp3) is 0.600. The lowest BCUT2D eigenvalue weighted by atomic mass is 10.0. The van der Waals surface area contributed by atoms with E-state index in [2.05, 4.69) is 29.1 Å². The molecule has 0 spiro atoms. The van der Waals surface area contributed by atoms with Crippen LogP contribution < -0.4 is 14.8 Å². The Balaban J connectivity index is 2.59. The Morgan fingerprint density at radius 1 is 1.20 bits per heavy atom. The fourth-order valence-electron chi connectivity index (χ4n) is 1.77. The van der Waals surface area contributed by atoms with Crippen molar-refractivity contribution >= 4 is 0 Å². The highest BCUT2D eigenvalue weighted by Gasteiger charge is 2.34. The molecule has 0 aromatic carbocycles. The number of nitrogens with one attached hydrogen (secondary N) is 1. The Labute approximate surface area is 88.8 Å². The molecule has 0 saturated heterocycles. The molecule has 15 heavy (non-hydrogen) atoms. The highest BCUT2D eigenvalue weighted by molar-refractivity contribution is 5.39. The Morgan fingerprint density at radius 2 is 1.93 bits per heavy atom. The summed E-state index contributed by atoms with van der Waals surface area (Å²) >= 11 is 0. The van der Waals surface area contributed by atoms with Crippen molar-refractivity contribution in [2.24, 2.45) is 0 Å². The van der Waals surface area contributed by atoms with Crippen LogP contribution in [0, 0.1) is 0 Å². The molecule has 2 rings (SSSR count). The zero-order chi connectivity index (χ0) is 11.1. The van der Waals surface area contributed by atoms with E-state index in [0.29, 0.717) is 11.9 Å². The van der Waals surface area contributed by atoms with Gasteiger partial charge in [0, 0.05) is 6.54 Å². The number of fused-ring (bicyclic) bond motifs is 1. The largest absolute Gasteiger partial charge is 0.481 e. The highest BCUT2D eigenvalue weighted by Crippen LogP contribution is 2.34. The SMILES string of the molecule is COc1nc(OC)c2c(n1)C(C)(C)NC2. The van der Waals surface area contributed by atoms with E-state index in [1.54, 1.807) is 14.2 Å². The molecule has 5 heteroatoms. The predicted octanol–water partition coefficient (Wildman–Crippen LogP) is 0.832. The summed E-state index contributed by atoms with van der Waals surface area (Å²) in [5.74, 6) is 0.593. The lowest BCUT2D eigenvalue weighted by molar-refractivity contribution is 0.345. The number of hydrogen-bond acceptors (Lipinski definition) is 5. The Hall–Kier alpha value is -1.36. The number of nitrogens with zero attached hydrogens (tertiary/aromatic N) is 2. The van der Waals surface area contributed by atoms with Crippen molar-refractivity contribution in [1.29, 1.82) is 0 Å². The van der Waals surface area contributed by atoms with Crippen molar-refractivity contribution < 1.29 is 9.47 Å². The van der Waals surface area contributed by atoms with Gasteiger partial charge in [-0.15, -0.1) is 0 Å². The van der Waals surface area contributed by atoms with Crippen molar-refractivity contribution in [2.75, 3.05) is 14.2 Å². The van der Waals surface area contributed by atoms with E-state index in [1.165, 1.54) is 0 Å². The van der Waals surface area contributed by atoms with E-state index in [1.807, 2.05) is 0 Å². The minimum atomic E-state index is -0.154. The molecule has 2 heterocycles. The van der Waals surface area contributed by atoms with E-state index in [9.17, 15) is 0 Å². The van der Waals surface area contributed by atoms with Crippen LogP contribution in [0.1, 0.15) is 25.1 Å². The van der Waals surface area contributed by atoms with E-state index in [-0.39, 0.29) is 5.54 Å². The molecule has 0 fully saturated rings. The van der Waals surface area contributed by atoms with Crippen LogP contribution in [-0.4, -0.2) is 24.2 Å². The first-order valence-corrected chi connectivity index (χ1v) is 4.83. The molecular formula is C10H15N3O2. The maximum atomic E-state index is 5.22. The summed E-state index contributed by atoms with van der Waals surface area (Å²) in [5, 5.41) is 3.35. The van der Waals surface area contributed by atoms with Crippen molar-refractivity contribution in [3.63, 3.8) is 0 Å². The number of hydrogen-bond donors (Lipinski definition) is 1. The minimum Gasteiger partial charge on any atom is -0.481 e. The molecule has 0 aliphatic carbocycles. The summed E-state index contributed by atoms with van der Waals surface area (Å²) in [6.07, 6.45) is 0. The van der Waals surface area contributed by atoms with E-state index < -0.39 is 0 Å². The molecule has 1 aromatic heterocycles. The monoisotopic (exact) mass is 209 g/mol. The quantitative estimate of drug-likeness (QED) is 0.782. The standard InChI is InChI=1S/C10H15N3O2/c1-10(2)7-6(5-11-10)8(14-3)13-9(12-7)15-4/h11H,5H2,1-4H3. The molecule has 0 amide bonds. The predicted molar refractivity (Wildman–Crippen MR) is 55.0 cm³/mol. The maximum Gasteiger partial charge on any atom is 0.319 e. The van der Waals surface area contributed by atoms with Gasteiger partial charge in [0.25, 0.3) is 0 Å². The van der Waals surface area contributed by atoms with Crippen LogP contribution in [0.5, 0.6) is 11.9 Å². The molecule has 1 aromatic rings. The second-order valence-corrected chi connectivity index (χ2v) is 4.03. The van der Waals surface area contributed by atoms with Crippen LogP contribution in [-0.2, 0) is 12.1 Å². The third-order valence-corrected chi connectivity index (χ3v) is 2.62. The second kappa shape index (κ2) is 3.34. The molecule has 0 radical (unpaired) electrons.